The minimum Gasteiger partial charge on any atom is -0.494 e. The third-order valence-electron chi connectivity index (χ3n) is 6.34. The third-order valence-corrected chi connectivity index (χ3v) is 9.18. The number of benzene rings is 2. The Labute approximate surface area is 221 Å². The first kappa shape index (κ1) is 27.1. The number of fused-ring (bicyclic) bond motifs is 1. The zero-order valence-corrected chi connectivity index (χ0v) is 22.6. The molecule has 0 spiro atoms. The van der Waals surface area contributed by atoms with Gasteiger partial charge in [0.15, 0.2) is 0 Å². The summed E-state index contributed by atoms with van der Waals surface area (Å²) >= 11 is 1.97. The van der Waals surface area contributed by atoms with Gasteiger partial charge in [-0.05, 0) is 74.4 Å². The summed E-state index contributed by atoms with van der Waals surface area (Å²) in [4.78, 5) is 28.6. The molecule has 0 atom stereocenters. The van der Waals surface area contributed by atoms with Crippen LogP contribution in [0.15, 0.2) is 58.4 Å². The van der Waals surface area contributed by atoms with Gasteiger partial charge in [0.05, 0.1) is 11.5 Å². The number of H-pyrrole nitrogens is 1. The predicted molar refractivity (Wildman–Crippen MR) is 149 cm³/mol. The van der Waals surface area contributed by atoms with E-state index in [0.29, 0.717) is 30.1 Å². The number of ether oxygens (including phenoxy) is 1. The average Bonchev–Trinajstić information content (AvgIpc) is 2.90. The van der Waals surface area contributed by atoms with E-state index in [4.69, 9.17) is 4.74 Å². The zero-order valence-electron chi connectivity index (χ0n) is 20.9. The number of rotatable bonds is 11. The highest BCUT2D eigenvalue weighted by atomic mass is 32.2. The molecule has 1 heterocycles. The average molecular weight is 544 g/mol. The van der Waals surface area contributed by atoms with E-state index in [9.17, 15) is 18.0 Å². The first-order chi connectivity index (χ1) is 17.9. The van der Waals surface area contributed by atoms with Crippen LogP contribution in [0.5, 0.6) is 5.75 Å². The standard InChI is InChI=1S/C27H33N3O5S2/c1-2-35-20-11-9-19(10-12-20)30-37(33,34)22-13-14-25-23(17-22)26(31)24(18-29-25)27(32)28-15-6-16-36-21-7-4-3-5-8-21/h9-14,17-18,21,30H,2-8,15-16H2,1H3,(H,28,32)(H,29,31). The highest BCUT2D eigenvalue weighted by molar-refractivity contribution is 7.99. The molecule has 1 saturated carbocycles. The summed E-state index contributed by atoms with van der Waals surface area (Å²) in [6.45, 7) is 2.86. The SMILES string of the molecule is CCOc1ccc(NS(=O)(=O)c2ccc3[nH]cc(C(=O)NCCCSC4CCCCC4)c(=O)c3c2)cc1. The van der Waals surface area contributed by atoms with E-state index < -0.39 is 21.4 Å². The number of sulfonamides is 1. The molecule has 1 aliphatic carbocycles. The molecule has 10 heteroatoms. The van der Waals surface area contributed by atoms with Crippen molar-refractivity contribution in [2.45, 2.75) is 55.6 Å². The van der Waals surface area contributed by atoms with Crippen molar-refractivity contribution in [3.63, 3.8) is 0 Å². The van der Waals surface area contributed by atoms with E-state index in [2.05, 4.69) is 15.0 Å². The van der Waals surface area contributed by atoms with Gasteiger partial charge in [0.1, 0.15) is 11.3 Å². The number of hydrogen-bond donors (Lipinski definition) is 3. The maximum Gasteiger partial charge on any atom is 0.261 e. The van der Waals surface area contributed by atoms with Crippen LogP contribution in [-0.4, -0.2) is 43.5 Å². The molecule has 3 aromatic rings. The molecule has 1 aromatic heterocycles. The second kappa shape index (κ2) is 12.5. The molecule has 0 bridgehead atoms. The monoisotopic (exact) mass is 543 g/mol. The van der Waals surface area contributed by atoms with E-state index >= 15 is 0 Å². The molecule has 0 unspecified atom stereocenters. The Hall–Kier alpha value is -2.98. The molecule has 3 N–H and O–H groups in total. The molecule has 2 aromatic carbocycles. The molecule has 198 valence electrons. The summed E-state index contributed by atoms with van der Waals surface area (Å²) in [5.41, 5.74) is 0.264. The molecule has 0 saturated heterocycles. The predicted octanol–water partition coefficient (Wildman–Crippen LogP) is 4.91. The number of amides is 1. The summed E-state index contributed by atoms with van der Waals surface area (Å²) in [7, 11) is -3.96. The van der Waals surface area contributed by atoms with Crippen LogP contribution < -0.4 is 20.2 Å². The van der Waals surface area contributed by atoms with Gasteiger partial charge < -0.3 is 15.0 Å². The normalized spacial score (nSPS) is 14.4. The molecule has 0 aliphatic heterocycles. The second-order valence-electron chi connectivity index (χ2n) is 9.04. The molecular formula is C27H33N3O5S2. The molecule has 4 rings (SSSR count). The van der Waals surface area contributed by atoms with Gasteiger partial charge in [-0.1, -0.05) is 19.3 Å². The van der Waals surface area contributed by atoms with Gasteiger partial charge in [-0.25, -0.2) is 8.42 Å². The van der Waals surface area contributed by atoms with Gasteiger partial charge in [-0.15, -0.1) is 0 Å². The quantitative estimate of drug-likeness (QED) is 0.296. The highest BCUT2D eigenvalue weighted by Crippen LogP contribution is 2.28. The van der Waals surface area contributed by atoms with Crippen molar-refractivity contribution >= 4 is 44.3 Å². The summed E-state index contributed by atoms with van der Waals surface area (Å²) in [6, 6.07) is 10.8. The number of carbonyl (C=O) groups excluding carboxylic acids is 1. The van der Waals surface area contributed by atoms with Crippen LogP contribution in [0.1, 0.15) is 55.8 Å². The van der Waals surface area contributed by atoms with Crippen molar-refractivity contribution in [3.05, 3.63) is 64.4 Å². The molecule has 8 nitrogen and oxygen atoms in total. The fraction of sp³-hybridized carbons (Fsp3) is 0.407. The molecular weight excluding hydrogens is 510 g/mol. The van der Waals surface area contributed by atoms with Crippen molar-refractivity contribution in [2.75, 3.05) is 23.6 Å². The largest absolute Gasteiger partial charge is 0.494 e. The Kier molecular flexibility index (Phi) is 9.15. The Morgan fingerprint density at radius 1 is 1.11 bits per heavy atom. The lowest BCUT2D eigenvalue weighted by molar-refractivity contribution is 0.0952. The lowest BCUT2D eigenvalue weighted by Gasteiger charge is -2.20. The van der Waals surface area contributed by atoms with Crippen LogP contribution in [0.25, 0.3) is 10.9 Å². The second-order valence-corrected chi connectivity index (χ2v) is 12.1. The Balaban J connectivity index is 1.42. The Morgan fingerprint density at radius 3 is 2.59 bits per heavy atom. The van der Waals surface area contributed by atoms with Gasteiger partial charge in [0, 0.05) is 34.6 Å². The molecule has 1 fully saturated rings. The topological polar surface area (TPSA) is 117 Å². The maximum absolute atomic E-state index is 13.1. The van der Waals surface area contributed by atoms with E-state index in [-0.39, 0.29) is 15.8 Å². The van der Waals surface area contributed by atoms with Crippen LogP contribution in [-0.2, 0) is 10.0 Å². The van der Waals surface area contributed by atoms with Crippen LogP contribution in [0, 0.1) is 0 Å². The van der Waals surface area contributed by atoms with Crippen molar-refractivity contribution in [3.8, 4) is 5.75 Å². The van der Waals surface area contributed by atoms with Gasteiger partial charge >= 0.3 is 0 Å². The lowest BCUT2D eigenvalue weighted by atomic mass is 10.0. The number of pyridine rings is 1. The molecule has 1 amide bonds. The molecule has 1 aliphatic rings. The number of anilines is 1. The van der Waals surface area contributed by atoms with Gasteiger partial charge in [-0.3, -0.25) is 14.3 Å². The summed E-state index contributed by atoms with van der Waals surface area (Å²) in [6.07, 6.45) is 8.70. The third kappa shape index (κ3) is 7.07. The molecule has 0 radical (unpaired) electrons. The van der Waals surface area contributed by atoms with Crippen molar-refractivity contribution in [1.82, 2.24) is 10.3 Å². The van der Waals surface area contributed by atoms with Crippen molar-refractivity contribution in [2.24, 2.45) is 0 Å². The van der Waals surface area contributed by atoms with Crippen LogP contribution in [0.3, 0.4) is 0 Å². The highest BCUT2D eigenvalue weighted by Gasteiger charge is 2.19. The molecule has 37 heavy (non-hydrogen) atoms. The Bertz CT molecular complexity index is 1380. The number of thioether (sulfide) groups is 1. The first-order valence-electron chi connectivity index (χ1n) is 12.7. The number of nitrogens with one attached hydrogen (secondary N) is 3. The van der Waals surface area contributed by atoms with E-state index in [1.807, 2.05) is 18.7 Å². The van der Waals surface area contributed by atoms with E-state index in [1.54, 1.807) is 24.3 Å². The van der Waals surface area contributed by atoms with Gasteiger partial charge in [0.2, 0.25) is 5.43 Å². The lowest BCUT2D eigenvalue weighted by Crippen LogP contribution is -2.30. The van der Waals surface area contributed by atoms with Crippen LogP contribution >= 0.6 is 11.8 Å². The van der Waals surface area contributed by atoms with Crippen LogP contribution in [0.4, 0.5) is 5.69 Å². The summed E-state index contributed by atoms with van der Waals surface area (Å²) < 4.78 is 33.8. The van der Waals surface area contributed by atoms with Crippen molar-refractivity contribution < 1.29 is 17.9 Å². The zero-order chi connectivity index (χ0) is 26.3. The minimum absolute atomic E-state index is 0.0403. The fourth-order valence-corrected chi connectivity index (χ4v) is 6.78. The number of aromatic nitrogens is 1. The number of carbonyl (C=O) groups is 1. The first-order valence-corrected chi connectivity index (χ1v) is 15.2. The van der Waals surface area contributed by atoms with E-state index in [0.717, 1.165) is 17.4 Å². The summed E-state index contributed by atoms with van der Waals surface area (Å²) in [5.74, 6) is 1.14. The maximum atomic E-state index is 13.1. The van der Waals surface area contributed by atoms with Gasteiger partial charge in [-0.2, -0.15) is 11.8 Å². The van der Waals surface area contributed by atoms with Gasteiger partial charge in [0.25, 0.3) is 15.9 Å². The smallest absolute Gasteiger partial charge is 0.261 e. The summed E-state index contributed by atoms with van der Waals surface area (Å²) in [5, 5.41) is 3.68. The number of aromatic amines is 1. The van der Waals surface area contributed by atoms with Crippen LogP contribution in [0.2, 0.25) is 0 Å². The van der Waals surface area contributed by atoms with E-state index in [1.165, 1.54) is 56.5 Å². The number of hydrogen-bond acceptors (Lipinski definition) is 6. The minimum atomic E-state index is -3.96. The Morgan fingerprint density at radius 2 is 1.86 bits per heavy atom. The fourth-order valence-electron chi connectivity index (χ4n) is 4.38. The van der Waals surface area contributed by atoms with Crippen molar-refractivity contribution in [1.29, 1.82) is 0 Å².